The fourth-order valence-corrected chi connectivity index (χ4v) is 2.80. The molecule has 0 radical (unpaired) electrons. The number of likely N-dealkylation sites (N-methyl/N-ethyl adjacent to an activating group) is 1. The minimum absolute atomic E-state index is 0.0432. The SMILES string of the molecule is CC(C)CCNC(=O)N[C@H](C(=O)N1CCN(C)CC1)c1ccccc1. The number of benzene rings is 1. The van der Waals surface area contributed by atoms with Crippen LogP contribution >= 0.6 is 0 Å². The van der Waals surface area contributed by atoms with E-state index in [1.807, 2.05) is 35.2 Å². The van der Waals surface area contributed by atoms with Crippen molar-refractivity contribution in [2.45, 2.75) is 26.3 Å². The molecule has 0 aromatic heterocycles. The first-order chi connectivity index (χ1) is 12.0. The zero-order valence-electron chi connectivity index (χ0n) is 15.5. The summed E-state index contributed by atoms with van der Waals surface area (Å²) in [6.07, 6.45) is 0.913. The van der Waals surface area contributed by atoms with E-state index in [1.165, 1.54) is 0 Å². The molecule has 1 aromatic rings. The summed E-state index contributed by atoms with van der Waals surface area (Å²) in [6, 6.07) is 8.50. The minimum Gasteiger partial charge on any atom is -0.338 e. The third-order valence-corrected chi connectivity index (χ3v) is 4.48. The number of nitrogens with zero attached hydrogens (tertiary/aromatic N) is 2. The highest BCUT2D eigenvalue weighted by molar-refractivity contribution is 5.88. The number of carbonyl (C=O) groups is 2. The van der Waals surface area contributed by atoms with Gasteiger partial charge in [0.2, 0.25) is 5.91 Å². The maximum Gasteiger partial charge on any atom is 0.315 e. The smallest absolute Gasteiger partial charge is 0.315 e. The Morgan fingerprint density at radius 2 is 1.72 bits per heavy atom. The molecule has 1 aliphatic rings. The summed E-state index contributed by atoms with van der Waals surface area (Å²) in [5.74, 6) is 0.482. The maximum absolute atomic E-state index is 13.0. The minimum atomic E-state index is -0.649. The molecular weight excluding hydrogens is 316 g/mol. The lowest BCUT2D eigenvalue weighted by molar-refractivity contribution is -0.135. The van der Waals surface area contributed by atoms with Crippen LogP contribution in [0.3, 0.4) is 0 Å². The van der Waals surface area contributed by atoms with Crippen molar-refractivity contribution in [1.82, 2.24) is 20.4 Å². The van der Waals surface area contributed by atoms with Gasteiger partial charge in [0, 0.05) is 32.7 Å². The summed E-state index contributed by atoms with van der Waals surface area (Å²) in [7, 11) is 2.05. The highest BCUT2D eigenvalue weighted by Gasteiger charge is 2.29. The van der Waals surface area contributed by atoms with E-state index in [0.29, 0.717) is 25.6 Å². The van der Waals surface area contributed by atoms with Gasteiger partial charge in [0.15, 0.2) is 0 Å². The molecule has 138 valence electrons. The van der Waals surface area contributed by atoms with Gasteiger partial charge < -0.3 is 20.4 Å². The molecule has 1 heterocycles. The summed E-state index contributed by atoms with van der Waals surface area (Å²) in [5.41, 5.74) is 0.811. The Kier molecular flexibility index (Phi) is 7.25. The molecule has 25 heavy (non-hydrogen) atoms. The van der Waals surface area contributed by atoms with Crippen LogP contribution in [0.5, 0.6) is 0 Å². The van der Waals surface area contributed by atoms with Crippen molar-refractivity contribution in [2.24, 2.45) is 5.92 Å². The first-order valence-electron chi connectivity index (χ1n) is 9.04. The average Bonchev–Trinajstić information content (AvgIpc) is 2.60. The third-order valence-electron chi connectivity index (χ3n) is 4.48. The van der Waals surface area contributed by atoms with Crippen LogP contribution in [0, 0.1) is 5.92 Å². The van der Waals surface area contributed by atoms with E-state index in [1.54, 1.807) is 0 Å². The van der Waals surface area contributed by atoms with Crippen molar-refractivity contribution in [3.63, 3.8) is 0 Å². The standard InChI is InChI=1S/C19H30N4O2/c1-15(2)9-10-20-19(25)21-17(16-7-5-4-6-8-16)18(24)23-13-11-22(3)12-14-23/h4-8,15,17H,9-14H2,1-3H3,(H2,20,21,25)/t17-/m0/s1. The lowest BCUT2D eigenvalue weighted by Crippen LogP contribution is -2.52. The molecule has 2 rings (SSSR count). The number of piperazine rings is 1. The number of hydrogen-bond donors (Lipinski definition) is 2. The highest BCUT2D eigenvalue weighted by Crippen LogP contribution is 2.17. The number of nitrogens with one attached hydrogen (secondary N) is 2. The predicted molar refractivity (Wildman–Crippen MR) is 99.2 cm³/mol. The Hall–Kier alpha value is -2.08. The number of carbonyl (C=O) groups excluding carboxylic acids is 2. The molecule has 1 atom stereocenters. The number of urea groups is 1. The quantitative estimate of drug-likeness (QED) is 0.826. The van der Waals surface area contributed by atoms with Crippen LogP contribution in [0.15, 0.2) is 30.3 Å². The van der Waals surface area contributed by atoms with Gasteiger partial charge in [0.1, 0.15) is 6.04 Å². The number of amides is 3. The Balaban J connectivity index is 2.03. The summed E-state index contributed by atoms with van der Waals surface area (Å²) in [6.45, 7) is 7.92. The first-order valence-corrected chi connectivity index (χ1v) is 9.04. The van der Waals surface area contributed by atoms with E-state index in [2.05, 4.69) is 36.4 Å². The van der Waals surface area contributed by atoms with Gasteiger partial charge in [-0.2, -0.15) is 0 Å². The van der Waals surface area contributed by atoms with Gasteiger partial charge >= 0.3 is 6.03 Å². The molecule has 1 saturated heterocycles. The second kappa shape index (κ2) is 9.42. The molecule has 6 heteroatoms. The molecule has 2 N–H and O–H groups in total. The van der Waals surface area contributed by atoms with E-state index >= 15 is 0 Å². The lowest BCUT2D eigenvalue weighted by atomic mass is 10.1. The Morgan fingerprint density at radius 3 is 2.32 bits per heavy atom. The van der Waals surface area contributed by atoms with Gasteiger partial charge in [-0.15, -0.1) is 0 Å². The van der Waals surface area contributed by atoms with Crippen LogP contribution in [-0.2, 0) is 4.79 Å². The predicted octanol–water partition coefficient (Wildman–Crippen LogP) is 1.85. The van der Waals surface area contributed by atoms with Crippen LogP contribution in [-0.4, -0.2) is 61.5 Å². The van der Waals surface area contributed by atoms with Crippen molar-refractivity contribution in [1.29, 1.82) is 0 Å². The van der Waals surface area contributed by atoms with Gasteiger partial charge in [-0.1, -0.05) is 44.2 Å². The highest BCUT2D eigenvalue weighted by atomic mass is 16.2. The molecule has 0 spiro atoms. The van der Waals surface area contributed by atoms with E-state index in [4.69, 9.17) is 0 Å². The topological polar surface area (TPSA) is 64.7 Å². The largest absolute Gasteiger partial charge is 0.338 e. The fourth-order valence-electron chi connectivity index (χ4n) is 2.80. The summed E-state index contributed by atoms with van der Waals surface area (Å²) < 4.78 is 0. The van der Waals surface area contributed by atoms with E-state index in [9.17, 15) is 9.59 Å². The van der Waals surface area contributed by atoms with Gasteiger partial charge in [0.05, 0.1) is 0 Å². The van der Waals surface area contributed by atoms with E-state index in [0.717, 1.165) is 25.1 Å². The summed E-state index contributed by atoms with van der Waals surface area (Å²) in [5, 5.41) is 5.71. The second-order valence-corrected chi connectivity index (χ2v) is 7.06. The van der Waals surface area contributed by atoms with Gasteiger partial charge in [-0.05, 0) is 24.9 Å². The zero-order chi connectivity index (χ0) is 18.2. The molecule has 3 amide bonds. The average molecular weight is 346 g/mol. The van der Waals surface area contributed by atoms with Gasteiger partial charge in [-0.25, -0.2) is 4.79 Å². The molecule has 0 bridgehead atoms. The number of rotatable bonds is 6. The van der Waals surface area contributed by atoms with Crippen LogP contribution < -0.4 is 10.6 Å². The Morgan fingerprint density at radius 1 is 1.08 bits per heavy atom. The molecule has 1 fully saturated rings. The van der Waals surface area contributed by atoms with Crippen molar-refractivity contribution in [3.05, 3.63) is 35.9 Å². The third kappa shape index (κ3) is 6.05. The van der Waals surface area contributed by atoms with Gasteiger partial charge in [-0.3, -0.25) is 4.79 Å². The zero-order valence-corrected chi connectivity index (χ0v) is 15.5. The molecule has 0 aliphatic carbocycles. The molecule has 6 nitrogen and oxygen atoms in total. The fraction of sp³-hybridized carbons (Fsp3) is 0.579. The maximum atomic E-state index is 13.0. The van der Waals surface area contributed by atoms with Crippen LogP contribution in [0.25, 0.3) is 0 Å². The van der Waals surface area contributed by atoms with E-state index in [-0.39, 0.29) is 11.9 Å². The van der Waals surface area contributed by atoms with Crippen LogP contribution in [0.1, 0.15) is 31.9 Å². The van der Waals surface area contributed by atoms with Crippen molar-refractivity contribution >= 4 is 11.9 Å². The van der Waals surface area contributed by atoms with Crippen LogP contribution in [0.2, 0.25) is 0 Å². The van der Waals surface area contributed by atoms with Crippen molar-refractivity contribution in [2.75, 3.05) is 39.8 Å². The van der Waals surface area contributed by atoms with Crippen LogP contribution in [0.4, 0.5) is 4.79 Å². The Bertz CT molecular complexity index is 554. The Labute approximate surface area is 150 Å². The molecule has 0 saturated carbocycles. The van der Waals surface area contributed by atoms with E-state index < -0.39 is 6.04 Å². The number of hydrogen-bond acceptors (Lipinski definition) is 3. The summed E-state index contributed by atoms with van der Waals surface area (Å²) >= 11 is 0. The first kappa shape index (κ1) is 19.2. The van der Waals surface area contributed by atoms with Gasteiger partial charge in [0.25, 0.3) is 0 Å². The molecule has 0 unspecified atom stereocenters. The normalized spacial score (nSPS) is 16.6. The monoisotopic (exact) mass is 346 g/mol. The lowest BCUT2D eigenvalue weighted by Gasteiger charge is -2.34. The summed E-state index contributed by atoms with van der Waals surface area (Å²) in [4.78, 5) is 29.3. The second-order valence-electron chi connectivity index (χ2n) is 7.06. The van der Waals surface area contributed by atoms with Crippen molar-refractivity contribution in [3.8, 4) is 0 Å². The molecule has 1 aromatic carbocycles. The van der Waals surface area contributed by atoms with Crippen molar-refractivity contribution < 1.29 is 9.59 Å². The molecule has 1 aliphatic heterocycles. The molecular formula is C19H30N4O2.